The van der Waals surface area contributed by atoms with E-state index in [1.54, 1.807) is 0 Å². The Morgan fingerprint density at radius 2 is 1.92 bits per heavy atom. The highest BCUT2D eigenvalue weighted by atomic mass is 15.4. The number of hydrogen-bond acceptors (Lipinski definition) is 1. The van der Waals surface area contributed by atoms with Crippen molar-refractivity contribution in [2.45, 2.75) is 38.3 Å². The van der Waals surface area contributed by atoms with E-state index >= 15 is 0 Å². The van der Waals surface area contributed by atoms with Crippen LogP contribution in [-0.4, -0.2) is 37.8 Å². The lowest BCUT2D eigenvalue weighted by molar-refractivity contribution is -0.929. The fraction of sp³-hybridized carbons (Fsp3) is 1.00. The van der Waals surface area contributed by atoms with Crippen LogP contribution in [0.5, 0.6) is 0 Å². The van der Waals surface area contributed by atoms with Gasteiger partial charge in [0, 0.05) is 19.4 Å². The Morgan fingerprint density at radius 3 is 2.17 bits per heavy atom. The van der Waals surface area contributed by atoms with Gasteiger partial charge in [0.25, 0.3) is 0 Å². The number of rotatable bonds is 2. The molecule has 1 saturated heterocycles. The van der Waals surface area contributed by atoms with Gasteiger partial charge in [0.1, 0.15) is 0 Å². The van der Waals surface area contributed by atoms with E-state index < -0.39 is 0 Å². The highest BCUT2D eigenvalue weighted by Crippen LogP contribution is 2.28. The number of nitrogens with zero attached hydrogens (tertiary/aromatic N) is 1. The molecule has 1 atom stereocenters. The van der Waals surface area contributed by atoms with Gasteiger partial charge in [0.05, 0.1) is 21.1 Å². The van der Waals surface area contributed by atoms with Crippen LogP contribution in [0.1, 0.15) is 32.6 Å². The third kappa shape index (κ3) is 1.64. The lowest BCUT2D eigenvalue weighted by Crippen LogP contribution is -2.66. The number of quaternary nitrogens is 1. The van der Waals surface area contributed by atoms with Crippen LogP contribution >= 0.6 is 0 Å². The topological polar surface area (TPSA) is 12.0 Å². The normalized spacial score (nSPS) is 32.0. The Labute approximate surface area is 76.5 Å². The van der Waals surface area contributed by atoms with Crippen molar-refractivity contribution in [2.24, 2.45) is 0 Å². The summed E-state index contributed by atoms with van der Waals surface area (Å²) in [6.45, 7) is 3.49. The average molecular weight is 171 g/mol. The molecule has 0 bridgehead atoms. The van der Waals surface area contributed by atoms with E-state index in [4.69, 9.17) is 0 Å². The van der Waals surface area contributed by atoms with Gasteiger partial charge >= 0.3 is 0 Å². The Balaban J connectivity index is 2.73. The molecule has 0 aromatic heterocycles. The van der Waals surface area contributed by atoms with Crippen LogP contribution in [-0.2, 0) is 0 Å². The van der Waals surface area contributed by atoms with Crippen molar-refractivity contribution < 1.29 is 4.48 Å². The zero-order valence-electron chi connectivity index (χ0n) is 8.98. The van der Waals surface area contributed by atoms with Crippen molar-refractivity contribution in [1.29, 1.82) is 0 Å². The van der Waals surface area contributed by atoms with Crippen LogP contribution < -0.4 is 5.32 Å². The molecular weight excluding hydrogens is 148 g/mol. The minimum Gasteiger partial charge on any atom is -0.314 e. The summed E-state index contributed by atoms with van der Waals surface area (Å²) in [6, 6.07) is 0. The van der Waals surface area contributed by atoms with Crippen molar-refractivity contribution in [2.75, 3.05) is 27.7 Å². The molecule has 2 heteroatoms. The number of piperidine rings is 1. The Hall–Kier alpha value is -0.0800. The highest BCUT2D eigenvalue weighted by Gasteiger charge is 2.41. The van der Waals surface area contributed by atoms with E-state index in [1.807, 2.05) is 0 Å². The summed E-state index contributed by atoms with van der Waals surface area (Å²) in [5.41, 5.74) is 0.345. The molecule has 1 heterocycles. The predicted molar refractivity (Wildman–Crippen MR) is 52.9 cm³/mol. The van der Waals surface area contributed by atoms with Gasteiger partial charge in [-0.1, -0.05) is 6.92 Å². The summed E-state index contributed by atoms with van der Waals surface area (Å²) >= 11 is 0. The number of nitrogens with one attached hydrogen (secondary N) is 1. The van der Waals surface area contributed by atoms with E-state index in [9.17, 15) is 0 Å². The van der Waals surface area contributed by atoms with Crippen LogP contribution in [0.25, 0.3) is 0 Å². The second-order valence-electron chi connectivity index (χ2n) is 4.78. The van der Waals surface area contributed by atoms with Crippen LogP contribution in [0.3, 0.4) is 0 Å². The average Bonchev–Trinajstić information content (AvgIpc) is 2.04. The summed E-state index contributed by atoms with van der Waals surface area (Å²) in [7, 11) is 6.88. The maximum atomic E-state index is 3.69. The van der Waals surface area contributed by atoms with Crippen LogP contribution in [0.15, 0.2) is 0 Å². The summed E-state index contributed by atoms with van der Waals surface area (Å²) in [4.78, 5) is 0. The molecule has 12 heavy (non-hydrogen) atoms. The van der Waals surface area contributed by atoms with Crippen molar-refractivity contribution in [3.05, 3.63) is 0 Å². The Morgan fingerprint density at radius 1 is 1.25 bits per heavy atom. The van der Waals surface area contributed by atoms with E-state index in [0.29, 0.717) is 5.66 Å². The van der Waals surface area contributed by atoms with Crippen LogP contribution in [0, 0.1) is 0 Å². The van der Waals surface area contributed by atoms with Crippen LogP contribution in [0.2, 0.25) is 0 Å². The van der Waals surface area contributed by atoms with Gasteiger partial charge in [-0.05, 0) is 12.8 Å². The zero-order valence-corrected chi connectivity index (χ0v) is 8.98. The predicted octanol–water partition coefficient (Wildman–Crippen LogP) is 1.57. The monoisotopic (exact) mass is 171 g/mol. The SMILES string of the molecule is CCC1([N+](C)(C)C)CCCCN1. The third-order valence-corrected chi connectivity index (χ3v) is 3.34. The van der Waals surface area contributed by atoms with E-state index in [1.165, 1.54) is 32.2 Å². The molecule has 1 unspecified atom stereocenters. The molecule has 1 aliphatic rings. The van der Waals surface area contributed by atoms with Gasteiger partial charge in [-0.3, -0.25) is 5.32 Å². The molecule has 2 nitrogen and oxygen atoms in total. The first kappa shape index (κ1) is 10.0. The molecular formula is C10H23N2+. The quantitative estimate of drug-likeness (QED) is 0.622. The Kier molecular flexibility index (Phi) is 2.79. The number of hydrogen-bond donors (Lipinski definition) is 1. The first-order valence-electron chi connectivity index (χ1n) is 5.08. The largest absolute Gasteiger partial charge is 0.314 e. The molecule has 0 spiro atoms. The molecule has 0 aromatic carbocycles. The van der Waals surface area contributed by atoms with Gasteiger partial charge in [-0.2, -0.15) is 0 Å². The van der Waals surface area contributed by atoms with Crippen molar-refractivity contribution in [3.63, 3.8) is 0 Å². The van der Waals surface area contributed by atoms with E-state index in [0.717, 1.165) is 4.48 Å². The van der Waals surface area contributed by atoms with Crippen molar-refractivity contribution in [3.8, 4) is 0 Å². The maximum absolute atomic E-state index is 3.69. The Bertz CT molecular complexity index is 140. The molecule has 1 fully saturated rings. The summed E-state index contributed by atoms with van der Waals surface area (Å²) < 4.78 is 1.05. The highest BCUT2D eigenvalue weighted by molar-refractivity contribution is 4.80. The standard InChI is InChI=1S/C10H23N2/c1-5-10(12(2,3)4)8-6-7-9-11-10/h11H,5-9H2,1-4H3/q+1. The van der Waals surface area contributed by atoms with Crippen molar-refractivity contribution in [1.82, 2.24) is 5.32 Å². The summed E-state index contributed by atoms with van der Waals surface area (Å²) in [5, 5.41) is 3.69. The molecule has 1 aliphatic heterocycles. The molecule has 0 saturated carbocycles. The molecule has 1 N–H and O–H groups in total. The minimum absolute atomic E-state index is 0.345. The second-order valence-corrected chi connectivity index (χ2v) is 4.78. The minimum atomic E-state index is 0.345. The summed E-state index contributed by atoms with van der Waals surface area (Å²) in [6.07, 6.45) is 5.29. The van der Waals surface area contributed by atoms with E-state index in [2.05, 4.69) is 33.4 Å². The summed E-state index contributed by atoms with van der Waals surface area (Å²) in [5.74, 6) is 0. The van der Waals surface area contributed by atoms with Gasteiger partial charge in [0.15, 0.2) is 5.66 Å². The fourth-order valence-electron chi connectivity index (χ4n) is 2.30. The van der Waals surface area contributed by atoms with Gasteiger partial charge in [0.2, 0.25) is 0 Å². The lowest BCUT2D eigenvalue weighted by Gasteiger charge is -2.48. The second kappa shape index (κ2) is 3.35. The molecule has 72 valence electrons. The first-order valence-corrected chi connectivity index (χ1v) is 5.08. The van der Waals surface area contributed by atoms with E-state index in [-0.39, 0.29) is 0 Å². The third-order valence-electron chi connectivity index (χ3n) is 3.34. The smallest absolute Gasteiger partial charge is 0.152 e. The first-order chi connectivity index (χ1) is 5.52. The van der Waals surface area contributed by atoms with Gasteiger partial charge in [-0.25, -0.2) is 0 Å². The molecule has 1 rings (SSSR count). The zero-order chi connectivity index (χ0) is 9.24. The molecule has 0 radical (unpaired) electrons. The maximum Gasteiger partial charge on any atom is 0.152 e. The lowest BCUT2D eigenvalue weighted by atomic mass is 9.92. The fourth-order valence-corrected chi connectivity index (χ4v) is 2.30. The molecule has 0 aromatic rings. The van der Waals surface area contributed by atoms with Gasteiger partial charge in [-0.15, -0.1) is 0 Å². The van der Waals surface area contributed by atoms with Crippen LogP contribution in [0.4, 0.5) is 0 Å². The molecule has 0 amide bonds. The molecule has 0 aliphatic carbocycles. The van der Waals surface area contributed by atoms with Crippen molar-refractivity contribution >= 4 is 0 Å². The van der Waals surface area contributed by atoms with Gasteiger partial charge < -0.3 is 4.48 Å².